The van der Waals surface area contributed by atoms with Gasteiger partial charge in [0.25, 0.3) is 0 Å². The highest BCUT2D eigenvalue weighted by Gasteiger charge is 2.16. The molecule has 0 aliphatic rings. The van der Waals surface area contributed by atoms with Crippen molar-refractivity contribution in [2.75, 3.05) is 6.61 Å². The highest BCUT2D eigenvalue weighted by Crippen LogP contribution is 2.23. The average Bonchev–Trinajstić information content (AvgIpc) is 2.95. The molecular weight excluding hydrogens is 312 g/mol. The zero-order valence-electron chi connectivity index (χ0n) is 15.8. The first-order chi connectivity index (χ1) is 11.9. The van der Waals surface area contributed by atoms with Crippen molar-refractivity contribution in [3.8, 4) is 17.5 Å². The third-order valence-corrected chi connectivity index (χ3v) is 4.23. The Morgan fingerprint density at radius 2 is 1.76 bits per heavy atom. The SMILES string of the molecule is Cc1ccc(-c2nc(CCCCCCOC(C)(C)C#N)c(C)o2)cc1. The van der Waals surface area contributed by atoms with Gasteiger partial charge in [-0.3, -0.25) is 0 Å². The number of hydrogen-bond acceptors (Lipinski definition) is 4. The third kappa shape index (κ3) is 6.03. The largest absolute Gasteiger partial charge is 0.441 e. The molecule has 1 heterocycles. The van der Waals surface area contributed by atoms with Gasteiger partial charge in [0.15, 0.2) is 0 Å². The second-order valence-corrected chi connectivity index (χ2v) is 7.02. The Hall–Kier alpha value is -2.12. The van der Waals surface area contributed by atoms with Gasteiger partial charge in [0.1, 0.15) is 11.4 Å². The number of benzene rings is 1. The summed E-state index contributed by atoms with van der Waals surface area (Å²) in [4.78, 5) is 4.66. The zero-order valence-corrected chi connectivity index (χ0v) is 15.8. The molecule has 1 aromatic heterocycles. The van der Waals surface area contributed by atoms with Crippen LogP contribution in [0.2, 0.25) is 0 Å². The average molecular weight is 340 g/mol. The molecule has 0 radical (unpaired) electrons. The second kappa shape index (κ2) is 8.82. The summed E-state index contributed by atoms with van der Waals surface area (Å²) in [5.74, 6) is 1.62. The molecule has 0 unspecified atom stereocenters. The van der Waals surface area contributed by atoms with Crippen LogP contribution in [0.1, 0.15) is 56.5 Å². The first-order valence-electron chi connectivity index (χ1n) is 9.00. The van der Waals surface area contributed by atoms with E-state index in [4.69, 9.17) is 14.4 Å². The number of ether oxygens (including phenoxy) is 1. The lowest BCUT2D eigenvalue weighted by Gasteiger charge is -2.16. The predicted molar refractivity (Wildman–Crippen MR) is 99.2 cm³/mol. The van der Waals surface area contributed by atoms with Crippen LogP contribution in [0, 0.1) is 25.2 Å². The van der Waals surface area contributed by atoms with Crippen LogP contribution in [-0.4, -0.2) is 17.2 Å². The van der Waals surface area contributed by atoms with Crippen LogP contribution in [0.5, 0.6) is 0 Å². The van der Waals surface area contributed by atoms with Crippen LogP contribution in [0.3, 0.4) is 0 Å². The van der Waals surface area contributed by atoms with Crippen molar-refractivity contribution >= 4 is 0 Å². The molecule has 0 bridgehead atoms. The van der Waals surface area contributed by atoms with Crippen molar-refractivity contribution in [2.24, 2.45) is 0 Å². The van der Waals surface area contributed by atoms with Crippen molar-refractivity contribution in [3.63, 3.8) is 0 Å². The topological polar surface area (TPSA) is 59.0 Å². The Morgan fingerprint density at radius 3 is 2.44 bits per heavy atom. The molecule has 0 saturated heterocycles. The lowest BCUT2D eigenvalue weighted by Crippen LogP contribution is -2.22. The van der Waals surface area contributed by atoms with Crippen LogP contribution in [-0.2, 0) is 11.2 Å². The van der Waals surface area contributed by atoms with Crippen LogP contribution in [0.4, 0.5) is 0 Å². The van der Waals surface area contributed by atoms with Gasteiger partial charge < -0.3 is 9.15 Å². The van der Waals surface area contributed by atoms with Crippen molar-refractivity contribution < 1.29 is 9.15 Å². The van der Waals surface area contributed by atoms with Crippen molar-refractivity contribution in [1.82, 2.24) is 4.98 Å². The number of hydrogen-bond donors (Lipinski definition) is 0. The number of rotatable bonds is 9. The molecule has 0 fully saturated rings. The predicted octanol–water partition coefficient (Wildman–Crippen LogP) is 5.38. The van der Waals surface area contributed by atoms with Gasteiger partial charge in [-0.2, -0.15) is 5.26 Å². The summed E-state index contributed by atoms with van der Waals surface area (Å²) in [6.07, 6.45) is 5.23. The molecule has 0 aliphatic carbocycles. The van der Waals surface area contributed by atoms with Gasteiger partial charge in [-0.05, 0) is 59.1 Å². The number of nitrogens with zero attached hydrogens (tertiary/aromatic N) is 2. The molecule has 2 rings (SSSR count). The van der Waals surface area contributed by atoms with Gasteiger partial charge in [0.2, 0.25) is 5.89 Å². The normalized spacial score (nSPS) is 11.5. The highest BCUT2D eigenvalue weighted by atomic mass is 16.5. The van der Waals surface area contributed by atoms with Crippen molar-refractivity contribution in [1.29, 1.82) is 5.26 Å². The first-order valence-corrected chi connectivity index (χ1v) is 9.00. The fourth-order valence-corrected chi connectivity index (χ4v) is 2.59. The smallest absolute Gasteiger partial charge is 0.226 e. The molecule has 0 spiro atoms. The number of aryl methyl sites for hydroxylation is 3. The molecule has 0 amide bonds. The molecule has 25 heavy (non-hydrogen) atoms. The molecule has 4 heteroatoms. The molecule has 2 aromatic rings. The summed E-state index contributed by atoms with van der Waals surface area (Å²) in [5, 5.41) is 8.89. The second-order valence-electron chi connectivity index (χ2n) is 7.02. The van der Waals surface area contributed by atoms with Gasteiger partial charge >= 0.3 is 0 Å². The maximum Gasteiger partial charge on any atom is 0.226 e. The fraction of sp³-hybridized carbons (Fsp3) is 0.524. The Kier molecular flexibility index (Phi) is 6.78. The van der Waals surface area contributed by atoms with Crippen LogP contribution < -0.4 is 0 Å². The highest BCUT2D eigenvalue weighted by molar-refractivity contribution is 5.54. The Labute approximate surface area is 150 Å². The molecule has 0 N–H and O–H groups in total. The van der Waals surface area contributed by atoms with Crippen molar-refractivity contribution in [2.45, 2.75) is 65.4 Å². The van der Waals surface area contributed by atoms with E-state index in [0.717, 1.165) is 49.1 Å². The molecule has 134 valence electrons. The van der Waals surface area contributed by atoms with E-state index in [2.05, 4.69) is 30.1 Å². The minimum absolute atomic E-state index is 0.640. The van der Waals surface area contributed by atoms with Crippen molar-refractivity contribution in [3.05, 3.63) is 41.3 Å². The maximum absolute atomic E-state index is 8.89. The minimum atomic E-state index is -0.676. The first kappa shape index (κ1) is 19.2. The maximum atomic E-state index is 8.89. The van der Waals surface area contributed by atoms with Crippen LogP contribution in [0.25, 0.3) is 11.5 Å². The molecule has 0 atom stereocenters. The van der Waals surface area contributed by atoms with E-state index in [1.54, 1.807) is 13.8 Å². The summed E-state index contributed by atoms with van der Waals surface area (Å²) in [7, 11) is 0. The van der Waals surface area contributed by atoms with Crippen LogP contribution in [0.15, 0.2) is 28.7 Å². The van der Waals surface area contributed by atoms with E-state index in [1.807, 2.05) is 19.1 Å². The van der Waals surface area contributed by atoms with Gasteiger partial charge in [0, 0.05) is 12.2 Å². The van der Waals surface area contributed by atoms with E-state index in [0.29, 0.717) is 12.5 Å². The van der Waals surface area contributed by atoms with Crippen LogP contribution >= 0.6 is 0 Å². The van der Waals surface area contributed by atoms with E-state index in [9.17, 15) is 0 Å². The lowest BCUT2D eigenvalue weighted by molar-refractivity contribution is 0.0231. The molecule has 0 aliphatic heterocycles. The Bertz CT molecular complexity index is 708. The summed E-state index contributed by atoms with van der Waals surface area (Å²) in [6, 6.07) is 10.4. The van der Waals surface area contributed by atoms with Gasteiger partial charge in [0.05, 0.1) is 11.8 Å². The Morgan fingerprint density at radius 1 is 1.08 bits per heavy atom. The zero-order chi connectivity index (χ0) is 18.3. The fourth-order valence-electron chi connectivity index (χ4n) is 2.59. The van der Waals surface area contributed by atoms with E-state index < -0.39 is 5.60 Å². The van der Waals surface area contributed by atoms with Gasteiger partial charge in [-0.25, -0.2) is 4.98 Å². The van der Waals surface area contributed by atoms with E-state index in [-0.39, 0.29) is 0 Å². The van der Waals surface area contributed by atoms with E-state index in [1.165, 1.54) is 5.56 Å². The molecule has 0 saturated carbocycles. The molecular formula is C21H28N2O2. The van der Waals surface area contributed by atoms with Gasteiger partial charge in [-0.15, -0.1) is 0 Å². The molecule has 4 nitrogen and oxygen atoms in total. The van der Waals surface area contributed by atoms with E-state index >= 15 is 0 Å². The quantitative estimate of drug-likeness (QED) is 0.575. The molecule has 1 aromatic carbocycles. The Balaban J connectivity index is 1.73. The summed E-state index contributed by atoms with van der Waals surface area (Å²) in [6.45, 7) is 8.29. The number of aromatic nitrogens is 1. The summed E-state index contributed by atoms with van der Waals surface area (Å²) in [5.41, 5.74) is 2.63. The standard InChI is InChI=1S/C21H28N2O2/c1-16-10-12-18(13-11-16)20-23-19(17(2)25-20)9-7-5-6-8-14-24-21(3,4)15-22/h10-13H,5-9,14H2,1-4H3. The number of oxazole rings is 1. The summed E-state index contributed by atoms with van der Waals surface area (Å²) < 4.78 is 11.4. The van der Waals surface area contributed by atoms with Gasteiger partial charge in [-0.1, -0.05) is 30.5 Å². The summed E-state index contributed by atoms with van der Waals surface area (Å²) >= 11 is 0. The lowest BCUT2D eigenvalue weighted by atomic mass is 10.1. The number of nitriles is 1. The number of unbranched alkanes of at least 4 members (excludes halogenated alkanes) is 3. The minimum Gasteiger partial charge on any atom is -0.441 e. The monoisotopic (exact) mass is 340 g/mol. The third-order valence-electron chi connectivity index (χ3n) is 4.23.